The summed E-state index contributed by atoms with van der Waals surface area (Å²) in [6, 6.07) is 13.1. The molecule has 0 spiro atoms. The van der Waals surface area contributed by atoms with E-state index in [1.54, 1.807) is 7.05 Å². The number of aliphatic imine (C=N–C) groups is 1. The van der Waals surface area contributed by atoms with Crippen LogP contribution in [0.4, 0.5) is 4.39 Å². The second-order valence-electron chi connectivity index (χ2n) is 7.08. The van der Waals surface area contributed by atoms with Gasteiger partial charge in [-0.05, 0) is 48.4 Å². The number of nitrogens with zero attached hydrogens (tertiary/aromatic N) is 2. The topological polar surface area (TPSA) is 48.9 Å². The van der Waals surface area contributed by atoms with E-state index in [0.29, 0.717) is 0 Å². The van der Waals surface area contributed by atoms with Crippen molar-refractivity contribution in [2.24, 2.45) is 4.99 Å². The molecule has 0 radical (unpaired) electrons. The van der Waals surface area contributed by atoms with E-state index in [1.807, 2.05) is 12.1 Å². The first kappa shape index (κ1) is 20.1. The van der Waals surface area contributed by atoms with Crippen LogP contribution in [0.5, 0.6) is 5.75 Å². The van der Waals surface area contributed by atoms with Gasteiger partial charge in [0.25, 0.3) is 0 Å². The van der Waals surface area contributed by atoms with Crippen LogP contribution in [-0.2, 0) is 19.4 Å². The molecule has 3 rings (SSSR count). The van der Waals surface area contributed by atoms with E-state index in [1.165, 1.54) is 23.3 Å². The fraction of sp³-hybridized carbons (Fsp3) is 0.409. The zero-order chi connectivity index (χ0) is 19.8. The van der Waals surface area contributed by atoms with E-state index in [4.69, 9.17) is 4.74 Å². The van der Waals surface area contributed by atoms with Crippen molar-refractivity contribution in [3.8, 4) is 5.75 Å². The molecule has 0 saturated carbocycles. The highest BCUT2D eigenvalue weighted by Crippen LogP contribution is 2.25. The third kappa shape index (κ3) is 5.96. The Morgan fingerprint density at radius 3 is 2.64 bits per heavy atom. The summed E-state index contributed by atoms with van der Waals surface area (Å²) in [5, 5.41) is 6.70. The number of hydrogen-bond donors (Lipinski definition) is 2. The quantitative estimate of drug-likeness (QED) is 0.543. The average molecular weight is 384 g/mol. The molecule has 2 aromatic rings. The highest BCUT2D eigenvalue weighted by atomic mass is 19.1. The van der Waals surface area contributed by atoms with Gasteiger partial charge < -0.3 is 20.3 Å². The lowest BCUT2D eigenvalue weighted by Crippen LogP contribution is -2.41. The van der Waals surface area contributed by atoms with Gasteiger partial charge >= 0.3 is 0 Å². The van der Waals surface area contributed by atoms with Gasteiger partial charge in [-0.25, -0.2) is 4.39 Å². The maximum absolute atomic E-state index is 13.0. The van der Waals surface area contributed by atoms with Gasteiger partial charge in [-0.15, -0.1) is 0 Å². The smallest absolute Gasteiger partial charge is 0.191 e. The van der Waals surface area contributed by atoms with Crippen molar-refractivity contribution in [2.45, 2.75) is 19.4 Å². The van der Waals surface area contributed by atoms with Gasteiger partial charge in [0.05, 0.1) is 6.61 Å². The van der Waals surface area contributed by atoms with Crippen LogP contribution in [0.25, 0.3) is 0 Å². The molecule has 0 saturated heterocycles. The molecule has 1 aliphatic heterocycles. The lowest BCUT2D eigenvalue weighted by atomic mass is 10.1. The zero-order valence-electron chi connectivity index (χ0n) is 16.7. The number of guanidine groups is 1. The van der Waals surface area contributed by atoms with Crippen LogP contribution < -0.4 is 15.4 Å². The van der Waals surface area contributed by atoms with Crippen molar-refractivity contribution in [3.05, 3.63) is 65.0 Å². The summed E-state index contributed by atoms with van der Waals surface area (Å²) < 4.78 is 18.5. The third-order valence-electron chi connectivity index (χ3n) is 4.84. The first-order valence-electron chi connectivity index (χ1n) is 9.76. The molecule has 0 bridgehead atoms. The van der Waals surface area contributed by atoms with E-state index >= 15 is 0 Å². The predicted octanol–water partition coefficient (Wildman–Crippen LogP) is 2.60. The monoisotopic (exact) mass is 384 g/mol. The molecule has 2 N–H and O–H groups in total. The molecule has 0 aliphatic carbocycles. The Kier molecular flexibility index (Phi) is 7.25. The van der Waals surface area contributed by atoms with Crippen LogP contribution in [0.1, 0.15) is 16.7 Å². The van der Waals surface area contributed by atoms with Gasteiger partial charge in [0, 0.05) is 39.6 Å². The van der Waals surface area contributed by atoms with E-state index in [2.05, 4.69) is 45.8 Å². The fourth-order valence-electron chi connectivity index (χ4n) is 3.29. The minimum absolute atomic E-state index is 0.198. The van der Waals surface area contributed by atoms with Crippen molar-refractivity contribution in [3.63, 3.8) is 0 Å². The molecule has 1 heterocycles. The minimum atomic E-state index is -0.198. The molecule has 28 heavy (non-hydrogen) atoms. The number of nitrogens with one attached hydrogen (secondary N) is 2. The molecular formula is C22H29FN4O. The van der Waals surface area contributed by atoms with Crippen LogP contribution in [0.2, 0.25) is 0 Å². The predicted molar refractivity (Wildman–Crippen MR) is 111 cm³/mol. The van der Waals surface area contributed by atoms with Crippen LogP contribution in [0.3, 0.4) is 0 Å². The number of fused-ring (bicyclic) bond motifs is 1. The van der Waals surface area contributed by atoms with Crippen LogP contribution in [0.15, 0.2) is 47.5 Å². The number of ether oxygens (including phenoxy) is 1. The molecule has 1 aliphatic rings. The Balaban J connectivity index is 1.34. The van der Waals surface area contributed by atoms with Crippen molar-refractivity contribution in [1.82, 2.24) is 15.5 Å². The van der Waals surface area contributed by atoms with Crippen LogP contribution in [0, 0.1) is 5.82 Å². The maximum Gasteiger partial charge on any atom is 0.191 e. The number of hydrogen-bond acceptors (Lipinski definition) is 3. The maximum atomic E-state index is 13.0. The van der Waals surface area contributed by atoms with Gasteiger partial charge in [0.15, 0.2) is 5.96 Å². The van der Waals surface area contributed by atoms with Crippen LogP contribution in [-0.4, -0.2) is 51.2 Å². The Bertz CT molecular complexity index is 792. The molecule has 0 unspecified atom stereocenters. The highest BCUT2D eigenvalue weighted by Gasteiger charge is 2.11. The van der Waals surface area contributed by atoms with E-state index in [-0.39, 0.29) is 5.82 Å². The molecule has 0 fully saturated rings. The summed E-state index contributed by atoms with van der Waals surface area (Å²) in [5.74, 6) is 1.63. The average Bonchev–Trinajstić information content (AvgIpc) is 3.16. The lowest BCUT2D eigenvalue weighted by Gasteiger charge is -2.18. The van der Waals surface area contributed by atoms with Gasteiger partial charge in [0.1, 0.15) is 11.6 Å². The van der Waals surface area contributed by atoms with E-state index < -0.39 is 0 Å². The molecule has 6 heteroatoms. The largest absolute Gasteiger partial charge is 0.493 e. The van der Waals surface area contributed by atoms with Gasteiger partial charge in [-0.3, -0.25) is 4.99 Å². The van der Waals surface area contributed by atoms with Gasteiger partial charge in [0.2, 0.25) is 0 Å². The summed E-state index contributed by atoms with van der Waals surface area (Å²) >= 11 is 0. The van der Waals surface area contributed by atoms with Crippen molar-refractivity contribution in [2.75, 3.05) is 40.3 Å². The summed E-state index contributed by atoms with van der Waals surface area (Å²) in [5.41, 5.74) is 3.72. The molecule has 150 valence electrons. The standard InChI is InChI=1S/C22H29FN4O/c1-24-22(25-11-9-17-5-8-21-19(15-17)10-14-28-21)26-12-13-27(2)16-18-3-6-20(23)7-4-18/h3-8,15H,9-14,16H2,1-2H3,(H2,24,25,26). The molecule has 2 aromatic carbocycles. The second-order valence-corrected chi connectivity index (χ2v) is 7.08. The summed E-state index contributed by atoms with van der Waals surface area (Å²) in [4.78, 5) is 6.48. The molecule has 0 aromatic heterocycles. The molecule has 5 nitrogen and oxygen atoms in total. The molecule has 0 amide bonds. The first-order chi connectivity index (χ1) is 13.6. The van der Waals surface area contributed by atoms with E-state index in [0.717, 1.165) is 62.9 Å². The number of likely N-dealkylation sites (N-methyl/N-ethyl adjacent to an activating group) is 1. The van der Waals surface area contributed by atoms with Crippen molar-refractivity contribution >= 4 is 5.96 Å². The normalized spacial score (nSPS) is 13.4. The Hall–Kier alpha value is -2.60. The minimum Gasteiger partial charge on any atom is -0.493 e. The van der Waals surface area contributed by atoms with Crippen LogP contribution >= 0.6 is 0 Å². The Labute approximate surface area is 166 Å². The number of benzene rings is 2. The Morgan fingerprint density at radius 1 is 1.11 bits per heavy atom. The van der Waals surface area contributed by atoms with Crippen molar-refractivity contribution < 1.29 is 9.13 Å². The molecular weight excluding hydrogens is 355 g/mol. The zero-order valence-corrected chi connectivity index (χ0v) is 16.7. The third-order valence-corrected chi connectivity index (χ3v) is 4.84. The highest BCUT2D eigenvalue weighted by molar-refractivity contribution is 5.79. The summed E-state index contributed by atoms with van der Waals surface area (Å²) in [6.45, 7) is 4.06. The lowest BCUT2D eigenvalue weighted by molar-refractivity contribution is 0.331. The SMILES string of the molecule is CN=C(NCCc1ccc2c(c1)CCO2)NCCN(C)Cc1ccc(F)cc1. The van der Waals surface area contributed by atoms with Gasteiger partial charge in [-0.1, -0.05) is 24.3 Å². The number of rotatable bonds is 8. The number of halogens is 1. The summed E-state index contributed by atoms with van der Waals surface area (Å²) in [7, 11) is 3.84. The fourth-order valence-corrected chi connectivity index (χ4v) is 3.29. The Morgan fingerprint density at radius 2 is 1.86 bits per heavy atom. The van der Waals surface area contributed by atoms with E-state index in [9.17, 15) is 4.39 Å². The summed E-state index contributed by atoms with van der Waals surface area (Å²) in [6.07, 6.45) is 1.95. The second kappa shape index (κ2) is 10.1. The van der Waals surface area contributed by atoms with Gasteiger partial charge in [-0.2, -0.15) is 0 Å². The van der Waals surface area contributed by atoms with Crippen molar-refractivity contribution in [1.29, 1.82) is 0 Å². The molecule has 0 atom stereocenters. The first-order valence-corrected chi connectivity index (χ1v) is 9.76.